The molecule has 1 unspecified atom stereocenters. The van der Waals surface area contributed by atoms with E-state index in [1.54, 1.807) is 0 Å². The molecule has 0 heterocycles. The van der Waals surface area contributed by atoms with Gasteiger partial charge < -0.3 is 10.4 Å². The van der Waals surface area contributed by atoms with Crippen LogP contribution in [0.3, 0.4) is 0 Å². The van der Waals surface area contributed by atoms with E-state index in [1.807, 2.05) is 13.8 Å². The number of hydrogen-bond acceptors (Lipinski definition) is 4. The molecule has 0 aliphatic rings. The molecule has 20 heavy (non-hydrogen) atoms. The van der Waals surface area contributed by atoms with Gasteiger partial charge in [0.05, 0.1) is 11.0 Å². The van der Waals surface area contributed by atoms with Gasteiger partial charge in [-0.05, 0) is 18.4 Å². The summed E-state index contributed by atoms with van der Waals surface area (Å²) in [7, 11) is 0. The molecule has 5 nitrogen and oxygen atoms in total. The molecule has 0 aromatic heterocycles. The Morgan fingerprint density at radius 2 is 2.05 bits per heavy atom. The number of nitro groups is 1. The van der Waals surface area contributed by atoms with E-state index in [0.29, 0.717) is 12.3 Å². The number of aliphatic hydroxyl groups excluding tert-OH is 1. The number of rotatable bonds is 7. The molecule has 0 amide bonds. The van der Waals surface area contributed by atoms with Crippen molar-refractivity contribution in [3.05, 3.63) is 33.9 Å². The van der Waals surface area contributed by atoms with Crippen LogP contribution < -0.4 is 5.32 Å². The molecule has 1 atom stereocenters. The molecule has 1 rings (SSSR count). The smallest absolute Gasteiger partial charge is 0.270 e. The first-order chi connectivity index (χ1) is 9.31. The Hall–Kier alpha value is -1.76. The average molecular weight is 288 g/mol. The Labute approximate surface area is 115 Å². The first-order valence-electron chi connectivity index (χ1n) is 6.29. The normalized spacial score (nSPS) is 12.8. The van der Waals surface area contributed by atoms with Crippen LogP contribution in [0.5, 0.6) is 0 Å². The topological polar surface area (TPSA) is 75.4 Å². The number of non-ortho nitro benzene ring substituents is 1. The second kappa shape index (κ2) is 7.14. The summed E-state index contributed by atoms with van der Waals surface area (Å²) in [5.41, 5.74) is -0.710. The molecule has 2 N–H and O–H groups in total. The average Bonchev–Trinajstić information content (AvgIpc) is 2.35. The summed E-state index contributed by atoms with van der Waals surface area (Å²) >= 11 is 0. The lowest BCUT2D eigenvalue weighted by atomic mass is 10.1. The van der Waals surface area contributed by atoms with Crippen molar-refractivity contribution in [2.24, 2.45) is 5.92 Å². The molecule has 0 aliphatic carbocycles. The van der Waals surface area contributed by atoms with Crippen molar-refractivity contribution in [2.45, 2.75) is 32.8 Å². The lowest BCUT2D eigenvalue weighted by Crippen LogP contribution is -2.21. The van der Waals surface area contributed by atoms with E-state index < -0.39 is 23.0 Å². The largest absolute Gasteiger partial charge is 0.391 e. The standard InChI is InChI=1S/C13H18F2N2O3/c1-8(2)5-10(18)7-16-12-4-3-9(17(19)20)6-11(12)13(14)15/h3-4,6,8,10,13,16,18H,5,7H2,1-2H3. The van der Waals surface area contributed by atoms with Crippen molar-refractivity contribution in [2.75, 3.05) is 11.9 Å². The molecule has 7 heteroatoms. The zero-order valence-electron chi connectivity index (χ0n) is 11.3. The van der Waals surface area contributed by atoms with Crippen LogP contribution in [-0.4, -0.2) is 22.7 Å². The predicted octanol–water partition coefficient (Wildman–Crippen LogP) is 3.35. The molecule has 1 aromatic rings. The van der Waals surface area contributed by atoms with Crippen molar-refractivity contribution in [1.82, 2.24) is 0 Å². The number of benzene rings is 1. The van der Waals surface area contributed by atoms with Crippen LogP contribution in [0, 0.1) is 16.0 Å². The van der Waals surface area contributed by atoms with E-state index in [0.717, 1.165) is 12.1 Å². The van der Waals surface area contributed by atoms with Gasteiger partial charge >= 0.3 is 0 Å². The number of hydrogen-bond donors (Lipinski definition) is 2. The van der Waals surface area contributed by atoms with Crippen LogP contribution in [0.15, 0.2) is 18.2 Å². The van der Waals surface area contributed by atoms with Gasteiger partial charge in [0.25, 0.3) is 12.1 Å². The van der Waals surface area contributed by atoms with Crippen LogP contribution in [-0.2, 0) is 0 Å². The van der Waals surface area contributed by atoms with Gasteiger partial charge in [0.15, 0.2) is 0 Å². The molecule has 0 saturated carbocycles. The van der Waals surface area contributed by atoms with Gasteiger partial charge in [0, 0.05) is 29.9 Å². The third kappa shape index (κ3) is 4.73. The maximum absolute atomic E-state index is 12.9. The summed E-state index contributed by atoms with van der Waals surface area (Å²) in [6, 6.07) is 3.24. The highest BCUT2D eigenvalue weighted by Crippen LogP contribution is 2.30. The minimum absolute atomic E-state index is 0.105. The van der Waals surface area contributed by atoms with E-state index >= 15 is 0 Å². The highest BCUT2D eigenvalue weighted by Gasteiger charge is 2.18. The van der Waals surface area contributed by atoms with Gasteiger partial charge in [-0.15, -0.1) is 0 Å². The number of nitrogens with one attached hydrogen (secondary N) is 1. The van der Waals surface area contributed by atoms with Gasteiger partial charge in [0.2, 0.25) is 0 Å². The van der Waals surface area contributed by atoms with Gasteiger partial charge in [-0.3, -0.25) is 10.1 Å². The molecule has 0 bridgehead atoms. The molecule has 0 radical (unpaired) electrons. The van der Waals surface area contributed by atoms with Crippen molar-refractivity contribution >= 4 is 11.4 Å². The second-order valence-electron chi connectivity index (χ2n) is 4.99. The zero-order valence-corrected chi connectivity index (χ0v) is 11.3. The number of anilines is 1. The van der Waals surface area contributed by atoms with E-state index in [1.165, 1.54) is 6.07 Å². The number of nitrogens with zero attached hydrogens (tertiary/aromatic N) is 1. The van der Waals surface area contributed by atoms with Crippen LogP contribution in [0.2, 0.25) is 0 Å². The van der Waals surface area contributed by atoms with Crippen LogP contribution in [0.25, 0.3) is 0 Å². The van der Waals surface area contributed by atoms with Crippen molar-refractivity contribution in [3.63, 3.8) is 0 Å². The number of aliphatic hydroxyl groups is 1. The molecular formula is C13H18F2N2O3. The zero-order chi connectivity index (χ0) is 15.3. The molecular weight excluding hydrogens is 270 g/mol. The maximum Gasteiger partial charge on any atom is 0.270 e. The summed E-state index contributed by atoms with van der Waals surface area (Å²) in [5, 5.41) is 23.0. The summed E-state index contributed by atoms with van der Waals surface area (Å²) in [6.45, 7) is 4.01. The lowest BCUT2D eigenvalue weighted by molar-refractivity contribution is -0.385. The minimum Gasteiger partial charge on any atom is -0.391 e. The summed E-state index contributed by atoms with van der Waals surface area (Å²) in [4.78, 5) is 9.86. The third-order valence-electron chi connectivity index (χ3n) is 2.75. The fraction of sp³-hybridized carbons (Fsp3) is 0.538. The first-order valence-corrected chi connectivity index (χ1v) is 6.29. The summed E-state index contributed by atoms with van der Waals surface area (Å²) < 4.78 is 25.8. The lowest BCUT2D eigenvalue weighted by Gasteiger charge is -2.16. The first kappa shape index (κ1) is 16.3. The van der Waals surface area contributed by atoms with Crippen LogP contribution in [0.1, 0.15) is 32.3 Å². The monoisotopic (exact) mass is 288 g/mol. The molecule has 112 valence electrons. The molecule has 1 aromatic carbocycles. The molecule has 0 fully saturated rings. The summed E-state index contributed by atoms with van der Waals surface area (Å²) in [5.74, 6) is 0.290. The highest BCUT2D eigenvalue weighted by atomic mass is 19.3. The van der Waals surface area contributed by atoms with Crippen molar-refractivity contribution in [3.8, 4) is 0 Å². The van der Waals surface area contributed by atoms with Crippen LogP contribution >= 0.6 is 0 Å². The quantitative estimate of drug-likeness (QED) is 0.596. The minimum atomic E-state index is -2.82. The number of alkyl halides is 2. The second-order valence-corrected chi connectivity index (χ2v) is 4.99. The predicted molar refractivity (Wildman–Crippen MR) is 72.0 cm³/mol. The maximum atomic E-state index is 12.9. The fourth-order valence-electron chi connectivity index (χ4n) is 1.86. The number of nitro benzene ring substituents is 1. The van der Waals surface area contributed by atoms with E-state index in [4.69, 9.17) is 0 Å². The summed E-state index contributed by atoms with van der Waals surface area (Å²) in [6.07, 6.45) is -2.93. The Kier molecular flexibility index (Phi) is 5.82. The highest BCUT2D eigenvalue weighted by molar-refractivity contribution is 5.56. The third-order valence-corrected chi connectivity index (χ3v) is 2.75. The number of halogens is 2. The molecule has 0 saturated heterocycles. The Balaban J connectivity index is 2.81. The Bertz CT molecular complexity index is 467. The van der Waals surface area contributed by atoms with Gasteiger partial charge in [-0.2, -0.15) is 0 Å². The Morgan fingerprint density at radius 1 is 1.40 bits per heavy atom. The van der Waals surface area contributed by atoms with E-state index in [9.17, 15) is 24.0 Å². The molecule has 0 aliphatic heterocycles. The SMILES string of the molecule is CC(C)CC(O)CNc1ccc([N+](=O)[O-])cc1C(F)F. The van der Waals surface area contributed by atoms with Crippen molar-refractivity contribution in [1.29, 1.82) is 0 Å². The Morgan fingerprint density at radius 3 is 2.55 bits per heavy atom. The fourth-order valence-corrected chi connectivity index (χ4v) is 1.86. The van der Waals surface area contributed by atoms with Crippen molar-refractivity contribution < 1.29 is 18.8 Å². The van der Waals surface area contributed by atoms with E-state index in [2.05, 4.69) is 5.32 Å². The van der Waals surface area contributed by atoms with Gasteiger partial charge in [0.1, 0.15) is 0 Å². The van der Waals surface area contributed by atoms with E-state index in [-0.39, 0.29) is 17.9 Å². The molecule has 0 spiro atoms. The van der Waals surface area contributed by atoms with Gasteiger partial charge in [-0.25, -0.2) is 8.78 Å². The van der Waals surface area contributed by atoms with Gasteiger partial charge in [-0.1, -0.05) is 13.8 Å². The van der Waals surface area contributed by atoms with Crippen LogP contribution in [0.4, 0.5) is 20.2 Å².